The molecule has 3 heteroatoms. The van der Waals surface area contributed by atoms with Gasteiger partial charge < -0.3 is 9.47 Å². The highest BCUT2D eigenvalue weighted by Gasteiger charge is 2.16. The van der Waals surface area contributed by atoms with Crippen LogP contribution in [-0.4, -0.2) is 13.1 Å². The summed E-state index contributed by atoms with van der Waals surface area (Å²) in [5.74, 6) is 1.28. The monoisotopic (exact) mass is 280 g/mol. The predicted molar refractivity (Wildman–Crippen MR) is 80.9 cm³/mol. The number of fused-ring (bicyclic) bond motifs is 1. The van der Waals surface area contributed by atoms with E-state index in [0.29, 0.717) is 18.6 Å². The van der Waals surface area contributed by atoms with Crippen LogP contribution in [0.4, 0.5) is 0 Å². The molecule has 0 bridgehead atoms. The Morgan fingerprint density at radius 3 is 2.62 bits per heavy atom. The molecule has 2 aromatic rings. The van der Waals surface area contributed by atoms with Crippen molar-refractivity contribution in [3.05, 3.63) is 71.0 Å². The van der Waals surface area contributed by atoms with Gasteiger partial charge in [-0.1, -0.05) is 36.4 Å². The molecular weight excluding hydrogens is 264 g/mol. The number of hydrogen-bond donors (Lipinski definition) is 0. The molecule has 0 radical (unpaired) electrons. The lowest BCUT2D eigenvalue weighted by molar-refractivity contribution is -0.138. The van der Waals surface area contributed by atoms with E-state index in [2.05, 4.69) is 0 Å². The van der Waals surface area contributed by atoms with Gasteiger partial charge in [0.1, 0.15) is 11.5 Å². The first kappa shape index (κ1) is 13.4. The van der Waals surface area contributed by atoms with Gasteiger partial charge in [0.15, 0.2) is 0 Å². The van der Waals surface area contributed by atoms with Gasteiger partial charge in [-0.2, -0.15) is 0 Å². The molecule has 0 amide bonds. The lowest BCUT2D eigenvalue weighted by atomic mass is 10.0. The molecule has 3 rings (SSSR count). The zero-order valence-corrected chi connectivity index (χ0v) is 11.8. The quantitative estimate of drug-likeness (QED) is 0.809. The van der Waals surface area contributed by atoms with E-state index >= 15 is 0 Å². The van der Waals surface area contributed by atoms with Crippen LogP contribution < -0.4 is 4.74 Å². The maximum atomic E-state index is 11.9. The third-order valence-corrected chi connectivity index (χ3v) is 3.49. The van der Waals surface area contributed by atoms with Crippen molar-refractivity contribution in [3.8, 4) is 5.75 Å². The summed E-state index contributed by atoms with van der Waals surface area (Å²) >= 11 is 0. The fourth-order valence-corrected chi connectivity index (χ4v) is 2.41. The zero-order valence-electron chi connectivity index (χ0n) is 11.8. The molecular formula is C18H16O3. The summed E-state index contributed by atoms with van der Waals surface area (Å²) < 4.78 is 10.6. The van der Waals surface area contributed by atoms with Crippen molar-refractivity contribution in [2.24, 2.45) is 0 Å². The molecule has 0 aliphatic carbocycles. The Labute approximate surface area is 123 Å². The molecule has 0 saturated carbocycles. The summed E-state index contributed by atoms with van der Waals surface area (Å²) in [6.07, 6.45) is 2.85. The lowest BCUT2D eigenvalue weighted by Crippen LogP contribution is -2.07. The van der Waals surface area contributed by atoms with Crippen LogP contribution in [0, 0.1) is 0 Å². The molecule has 1 aliphatic rings. The Kier molecular flexibility index (Phi) is 3.73. The van der Waals surface area contributed by atoms with Crippen LogP contribution in [0.15, 0.2) is 54.3 Å². The van der Waals surface area contributed by atoms with Gasteiger partial charge in [-0.3, -0.25) is 4.79 Å². The minimum atomic E-state index is -0.209. The molecule has 0 atom stereocenters. The minimum Gasteiger partial charge on any atom is -0.497 e. The van der Waals surface area contributed by atoms with Crippen molar-refractivity contribution in [1.29, 1.82) is 0 Å². The number of benzene rings is 2. The first-order valence-corrected chi connectivity index (χ1v) is 6.87. The number of esters is 1. The molecule has 0 fully saturated rings. The van der Waals surface area contributed by atoms with Crippen molar-refractivity contribution in [3.63, 3.8) is 0 Å². The molecule has 1 heterocycles. The maximum Gasteiger partial charge on any atom is 0.315 e. The van der Waals surface area contributed by atoms with E-state index in [4.69, 9.17) is 9.47 Å². The minimum absolute atomic E-state index is 0.209. The van der Waals surface area contributed by atoms with E-state index in [1.165, 1.54) is 0 Å². The molecule has 21 heavy (non-hydrogen) atoms. The van der Waals surface area contributed by atoms with Crippen LogP contribution in [0.3, 0.4) is 0 Å². The Morgan fingerprint density at radius 1 is 1.10 bits per heavy atom. The van der Waals surface area contributed by atoms with Crippen LogP contribution in [0.1, 0.15) is 16.7 Å². The average molecular weight is 280 g/mol. The number of methoxy groups -OCH3 is 1. The average Bonchev–Trinajstić information content (AvgIpc) is 2.65. The highest BCUT2D eigenvalue weighted by Crippen LogP contribution is 2.22. The third-order valence-electron chi connectivity index (χ3n) is 3.49. The number of carbonyl (C=O) groups excluding carboxylic acids is 1. The van der Waals surface area contributed by atoms with Crippen LogP contribution in [0.25, 0.3) is 6.08 Å². The largest absolute Gasteiger partial charge is 0.497 e. The summed E-state index contributed by atoms with van der Waals surface area (Å²) in [4.78, 5) is 11.9. The van der Waals surface area contributed by atoms with Crippen molar-refractivity contribution in [2.45, 2.75) is 12.8 Å². The summed E-state index contributed by atoms with van der Waals surface area (Å²) in [5, 5.41) is 0. The molecule has 0 aromatic heterocycles. The zero-order chi connectivity index (χ0) is 14.7. The highest BCUT2D eigenvalue weighted by atomic mass is 16.5. The van der Waals surface area contributed by atoms with Crippen molar-refractivity contribution in [2.75, 3.05) is 7.11 Å². The smallest absolute Gasteiger partial charge is 0.315 e. The van der Waals surface area contributed by atoms with Gasteiger partial charge in [-0.05, 0) is 34.9 Å². The Balaban J connectivity index is 1.87. The van der Waals surface area contributed by atoms with E-state index in [9.17, 15) is 4.79 Å². The van der Waals surface area contributed by atoms with E-state index in [1.807, 2.05) is 54.6 Å². The number of ether oxygens (including phenoxy) is 2. The molecule has 0 saturated heterocycles. The second-order valence-corrected chi connectivity index (χ2v) is 4.99. The third kappa shape index (κ3) is 3.14. The SMILES string of the molecule is COc1ccc(CC2=Cc3ccccc3CC(=O)O2)cc1. The first-order chi connectivity index (χ1) is 10.2. The highest BCUT2D eigenvalue weighted by molar-refractivity contribution is 5.78. The van der Waals surface area contributed by atoms with Gasteiger partial charge >= 0.3 is 5.97 Å². The second kappa shape index (κ2) is 5.83. The molecule has 3 nitrogen and oxygen atoms in total. The van der Waals surface area contributed by atoms with E-state index in [0.717, 1.165) is 22.4 Å². The Bertz CT molecular complexity index is 684. The fourth-order valence-electron chi connectivity index (χ4n) is 2.41. The van der Waals surface area contributed by atoms with Gasteiger partial charge in [0, 0.05) is 6.42 Å². The molecule has 2 aromatic carbocycles. The number of rotatable bonds is 3. The first-order valence-electron chi connectivity index (χ1n) is 6.87. The van der Waals surface area contributed by atoms with Crippen molar-refractivity contribution >= 4 is 12.0 Å². The molecule has 0 spiro atoms. The maximum absolute atomic E-state index is 11.9. The van der Waals surface area contributed by atoms with Crippen molar-refractivity contribution < 1.29 is 14.3 Å². The number of allylic oxidation sites excluding steroid dienone is 1. The van der Waals surface area contributed by atoms with Gasteiger partial charge in [-0.25, -0.2) is 0 Å². The van der Waals surface area contributed by atoms with Gasteiger partial charge in [0.05, 0.1) is 13.5 Å². The molecule has 0 N–H and O–H groups in total. The van der Waals surface area contributed by atoms with Gasteiger partial charge in [-0.15, -0.1) is 0 Å². The van der Waals surface area contributed by atoms with E-state index in [-0.39, 0.29) is 5.97 Å². The summed E-state index contributed by atoms with van der Waals surface area (Å²) in [6, 6.07) is 15.6. The Morgan fingerprint density at radius 2 is 1.86 bits per heavy atom. The van der Waals surface area contributed by atoms with E-state index in [1.54, 1.807) is 7.11 Å². The van der Waals surface area contributed by atoms with Crippen LogP contribution in [0.5, 0.6) is 5.75 Å². The predicted octanol–water partition coefficient (Wildman–Crippen LogP) is 3.38. The number of hydrogen-bond acceptors (Lipinski definition) is 3. The van der Waals surface area contributed by atoms with Gasteiger partial charge in [0.25, 0.3) is 0 Å². The van der Waals surface area contributed by atoms with E-state index < -0.39 is 0 Å². The summed E-state index contributed by atoms with van der Waals surface area (Å²) in [6.45, 7) is 0. The van der Waals surface area contributed by atoms with Crippen LogP contribution in [0.2, 0.25) is 0 Å². The Hall–Kier alpha value is -2.55. The summed E-state index contributed by atoms with van der Waals surface area (Å²) in [7, 11) is 1.64. The summed E-state index contributed by atoms with van der Waals surface area (Å²) in [5.41, 5.74) is 3.13. The lowest BCUT2D eigenvalue weighted by Gasteiger charge is -2.07. The molecule has 1 aliphatic heterocycles. The standard InChI is InChI=1S/C18H16O3/c1-20-16-8-6-13(7-9-16)10-17-11-14-4-2-3-5-15(14)12-18(19)21-17/h2-9,11H,10,12H2,1H3. The van der Waals surface area contributed by atoms with Crippen LogP contribution in [-0.2, 0) is 22.4 Å². The van der Waals surface area contributed by atoms with Crippen molar-refractivity contribution in [1.82, 2.24) is 0 Å². The fraction of sp³-hybridized carbons (Fsp3) is 0.167. The molecule has 106 valence electrons. The number of cyclic esters (lactones) is 1. The normalized spacial score (nSPS) is 13.8. The molecule has 0 unspecified atom stereocenters. The van der Waals surface area contributed by atoms with Crippen LogP contribution >= 0.6 is 0 Å². The van der Waals surface area contributed by atoms with Gasteiger partial charge in [0.2, 0.25) is 0 Å². The number of carbonyl (C=O) groups is 1. The second-order valence-electron chi connectivity index (χ2n) is 4.99. The topological polar surface area (TPSA) is 35.5 Å².